The van der Waals surface area contributed by atoms with E-state index in [0.717, 1.165) is 6.42 Å². The van der Waals surface area contributed by atoms with E-state index < -0.39 is 0 Å². The molecule has 0 radical (unpaired) electrons. The molecule has 1 nitrogen and oxygen atoms in total. The summed E-state index contributed by atoms with van der Waals surface area (Å²) in [6, 6.07) is 10.3. The van der Waals surface area contributed by atoms with E-state index in [1.165, 1.54) is 5.69 Å². The van der Waals surface area contributed by atoms with Gasteiger partial charge in [0.25, 0.3) is 0 Å². The van der Waals surface area contributed by atoms with Crippen LogP contribution in [0, 0.1) is 0 Å². The number of hydrogen-bond acceptors (Lipinski definition) is 0. The Hall–Kier alpha value is -1.37. The molecular formula is C10H10N+. The number of allylic oxidation sites excluding steroid dienone is 1. The highest BCUT2D eigenvalue weighted by Gasteiger charge is 2.06. The van der Waals surface area contributed by atoms with Crippen LogP contribution < -0.4 is 0 Å². The first kappa shape index (κ1) is 6.35. The molecule has 0 atom stereocenters. The molecule has 1 aromatic rings. The summed E-state index contributed by atoms with van der Waals surface area (Å²) < 4.78 is 2.14. The monoisotopic (exact) mass is 144 g/mol. The number of nitrogens with zero attached hydrogens (tertiary/aromatic N) is 1. The third-order valence-corrected chi connectivity index (χ3v) is 1.76. The van der Waals surface area contributed by atoms with Gasteiger partial charge in [-0.15, -0.1) is 0 Å². The molecule has 54 valence electrons. The van der Waals surface area contributed by atoms with E-state index in [1.54, 1.807) is 0 Å². The minimum absolute atomic E-state index is 1.05. The maximum absolute atomic E-state index is 2.16. The molecule has 0 fully saturated rings. The van der Waals surface area contributed by atoms with Crippen LogP contribution in [0.25, 0.3) is 0 Å². The van der Waals surface area contributed by atoms with Crippen molar-refractivity contribution in [3.63, 3.8) is 0 Å². The van der Waals surface area contributed by atoms with Crippen LogP contribution in [0.2, 0.25) is 0 Å². The Labute approximate surface area is 66.3 Å². The standard InChI is InChI=1S/C10H10N/c1-2-6-10(7-3-1)11-8-4-5-9-11/h1-4,6-9H,5H2/q+1. The normalized spacial score (nSPS) is 15.1. The Morgan fingerprint density at radius 2 is 1.91 bits per heavy atom. The second-order valence-corrected chi connectivity index (χ2v) is 2.55. The van der Waals surface area contributed by atoms with E-state index in [2.05, 4.69) is 47.3 Å². The molecule has 0 saturated heterocycles. The second-order valence-electron chi connectivity index (χ2n) is 2.55. The molecule has 0 aromatic heterocycles. The van der Waals surface area contributed by atoms with Crippen LogP contribution in [0.4, 0.5) is 5.69 Å². The fourth-order valence-corrected chi connectivity index (χ4v) is 1.20. The van der Waals surface area contributed by atoms with Gasteiger partial charge < -0.3 is 0 Å². The Morgan fingerprint density at radius 1 is 1.09 bits per heavy atom. The van der Waals surface area contributed by atoms with Gasteiger partial charge in [-0.2, -0.15) is 4.58 Å². The first-order valence-corrected chi connectivity index (χ1v) is 3.80. The van der Waals surface area contributed by atoms with E-state index >= 15 is 0 Å². The van der Waals surface area contributed by atoms with Crippen LogP contribution in [0.1, 0.15) is 6.42 Å². The lowest BCUT2D eigenvalue weighted by atomic mass is 10.3. The van der Waals surface area contributed by atoms with Crippen molar-refractivity contribution in [3.8, 4) is 0 Å². The van der Waals surface area contributed by atoms with E-state index in [0.29, 0.717) is 0 Å². The van der Waals surface area contributed by atoms with Crippen molar-refractivity contribution in [1.29, 1.82) is 0 Å². The summed E-state index contributed by atoms with van der Waals surface area (Å²) in [7, 11) is 0. The molecule has 0 bridgehead atoms. The van der Waals surface area contributed by atoms with Gasteiger partial charge in [0.1, 0.15) is 0 Å². The minimum atomic E-state index is 1.05. The lowest BCUT2D eigenvalue weighted by molar-refractivity contribution is -0.351. The van der Waals surface area contributed by atoms with Crippen LogP contribution in [-0.2, 0) is 0 Å². The quantitative estimate of drug-likeness (QED) is 0.532. The van der Waals surface area contributed by atoms with Crippen molar-refractivity contribution in [2.75, 3.05) is 0 Å². The highest BCUT2D eigenvalue weighted by molar-refractivity contribution is 5.58. The fraction of sp³-hybridized carbons (Fsp3) is 0.100. The molecule has 2 rings (SSSR count). The molecule has 0 N–H and O–H groups in total. The van der Waals surface area contributed by atoms with E-state index in [1.807, 2.05) is 6.07 Å². The van der Waals surface area contributed by atoms with Crippen molar-refractivity contribution in [2.24, 2.45) is 0 Å². The Balaban J connectivity index is 2.37. The van der Waals surface area contributed by atoms with Crippen molar-refractivity contribution in [1.82, 2.24) is 0 Å². The highest BCUT2D eigenvalue weighted by atomic mass is 15.0. The minimum Gasteiger partial charge on any atom is -0.171 e. The van der Waals surface area contributed by atoms with Gasteiger partial charge in [-0.3, -0.25) is 0 Å². The van der Waals surface area contributed by atoms with Gasteiger partial charge in [-0.1, -0.05) is 18.2 Å². The number of benzene rings is 1. The summed E-state index contributed by atoms with van der Waals surface area (Å²) in [6.07, 6.45) is 7.45. The van der Waals surface area contributed by atoms with E-state index in [9.17, 15) is 0 Å². The van der Waals surface area contributed by atoms with Gasteiger partial charge in [0, 0.05) is 18.6 Å². The average molecular weight is 144 g/mol. The third-order valence-electron chi connectivity index (χ3n) is 1.76. The molecular weight excluding hydrogens is 134 g/mol. The van der Waals surface area contributed by atoms with Crippen molar-refractivity contribution in [3.05, 3.63) is 42.6 Å². The molecule has 1 aliphatic heterocycles. The van der Waals surface area contributed by atoms with Gasteiger partial charge in [0.05, 0.1) is 0 Å². The Kier molecular flexibility index (Phi) is 1.56. The van der Waals surface area contributed by atoms with Gasteiger partial charge in [-0.25, -0.2) is 0 Å². The molecule has 1 aromatic carbocycles. The zero-order chi connectivity index (χ0) is 7.52. The van der Waals surface area contributed by atoms with Crippen LogP contribution in [0.15, 0.2) is 42.6 Å². The highest BCUT2D eigenvalue weighted by Crippen LogP contribution is 2.12. The van der Waals surface area contributed by atoms with Crippen molar-refractivity contribution < 1.29 is 4.58 Å². The van der Waals surface area contributed by atoms with Gasteiger partial charge >= 0.3 is 0 Å². The maximum Gasteiger partial charge on any atom is 0.210 e. The zero-order valence-electron chi connectivity index (χ0n) is 6.27. The fourth-order valence-electron chi connectivity index (χ4n) is 1.20. The summed E-state index contributed by atoms with van der Waals surface area (Å²) >= 11 is 0. The summed E-state index contributed by atoms with van der Waals surface area (Å²) in [5, 5.41) is 0. The van der Waals surface area contributed by atoms with Crippen LogP contribution in [0.5, 0.6) is 0 Å². The zero-order valence-corrected chi connectivity index (χ0v) is 6.27. The topological polar surface area (TPSA) is 3.01 Å². The predicted molar refractivity (Wildman–Crippen MR) is 46.2 cm³/mol. The SMILES string of the molecule is C1=C[N+](c2ccccc2)=CC1. The first-order valence-electron chi connectivity index (χ1n) is 3.80. The van der Waals surface area contributed by atoms with Crippen LogP contribution >= 0.6 is 0 Å². The molecule has 0 saturated carbocycles. The van der Waals surface area contributed by atoms with Gasteiger partial charge in [-0.05, 0) is 6.08 Å². The molecule has 1 heteroatoms. The van der Waals surface area contributed by atoms with Crippen LogP contribution in [-0.4, -0.2) is 10.8 Å². The number of hydrogen-bond donors (Lipinski definition) is 0. The van der Waals surface area contributed by atoms with Gasteiger partial charge in [0.2, 0.25) is 5.69 Å². The summed E-state index contributed by atoms with van der Waals surface area (Å²) in [4.78, 5) is 0. The maximum atomic E-state index is 2.16. The van der Waals surface area contributed by atoms with Crippen LogP contribution in [0.3, 0.4) is 0 Å². The third kappa shape index (κ3) is 1.22. The first-order chi connectivity index (χ1) is 5.47. The summed E-state index contributed by atoms with van der Waals surface area (Å²) in [5.41, 5.74) is 1.24. The summed E-state index contributed by atoms with van der Waals surface area (Å²) in [5.74, 6) is 0. The second kappa shape index (κ2) is 2.70. The molecule has 1 aliphatic rings. The van der Waals surface area contributed by atoms with E-state index in [-0.39, 0.29) is 0 Å². The predicted octanol–water partition coefficient (Wildman–Crippen LogP) is 2.32. The lowest BCUT2D eigenvalue weighted by Crippen LogP contribution is -1.91. The largest absolute Gasteiger partial charge is 0.210 e. The smallest absolute Gasteiger partial charge is 0.171 e. The molecule has 11 heavy (non-hydrogen) atoms. The average Bonchev–Trinajstić information content (AvgIpc) is 2.58. The number of rotatable bonds is 1. The van der Waals surface area contributed by atoms with Gasteiger partial charge in [0.15, 0.2) is 12.4 Å². The van der Waals surface area contributed by atoms with Crippen molar-refractivity contribution in [2.45, 2.75) is 6.42 Å². The molecule has 0 amide bonds. The summed E-state index contributed by atoms with van der Waals surface area (Å²) in [6.45, 7) is 0. The Bertz CT molecular complexity index is 296. The molecule has 0 spiro atoms. The molecule has 0 unspecified atom stereocenters. The molecule has 1 heterocycles. The number of para-hydroxylation sites is 1. The Morgan fingerprint density at radius 3 is 2.55 bits per heavy atom. The van der Waals surface area contributed by atoms with E-state index in [4.69, 9.17) is 0 Å². The van der Waals surface area contributed by atoms with Crippen molar-refractivity contribution >= 4 is 11.9 Å². The lowest BCUT2D eigenvalue weighted by Gasteiger charge is -1.90. The molecule has 0 aliphatic carbocycles.